The quantitative estimate of drug-likeness (QED) is 0.817. The number of hydrogen-bond acceptors (Lipinski definition) is 4. The third-order valence-electron chi connectivity index (χ3n) is 2.40. The fraction of sp³-hybridized carbons (Fsp3) is 0.538. The van der Waals surface area contributed by atoms with Crippen molar-refractivity contribution in [2.75, 3.05) is 13.1 Å². The maximum Gasteiger partial charge on any atom is 0.407 e. The Hall–Kier alpha value is -1.69. The number of nitrogens with one attached hydrogen (secondary N) is 1. The molecule has 3 N–H and O–H groups in total. The van der Waals surface area contributed by atoms with Gasteiger partial charge in [0.25, 0.3) is 0 Å². The van der Waals surface area contributed by atoms with Crippen LogP contribution in [0.2, 0.25) is 0 Å². The molecule has 1 amide bonds. The second-order valence-electron chi connectivity index (χ2n) is 5.20. The van der Waals surface area contributed by atoms with E-state index in [-0.39, 0.29) is 19.0 Å². The Labute approximate surface area is 112 Å². The van der Waals surface area contributed by atoms with Crippen LogP contribution in [0.25, 0.3) is 0 Å². The lowest BCUT2D eigenvalue weighted by atomic mass is 10.0. The van der Waals surface area contributed by atoms with Crippen LogP contribution in [0.4, 0.5) is 9.18 Å². The summed E-state index contributed by atoms with van der Waals surface area (Å²) in [5.41, 5.74) is 5.42. The van der Waals surface area contributed by atoms with Crippen LogP contribution in [0, 0.1) is 5.95 Å². The predicted octanol–water partition coefficient (Wildman–Crippen LogP) is 1.79. The highest BCUT2D eigenvalue weighted by molar-refractivity contribution is 5.67. The average molecular weight is 269 g/mol. The van der Waals surface area contributed by atoms with Crippen molar-refractivity contribution in [2.45, 2.75) is 32.3 Å². The maximum atomic E-state index is 13.5. The molecule has 1 heterocycles. The van der Waals surface area contributed by atoms with Crippen molar-refractivity contribution in [3.8, 4) is 0 Å². The van der Waals surface area contributed by atoms with Gasteiger partial charge in [-0.2, -0.15) is 4.39 Å². The molecule has 0 fully saturated rings. The van der Waals surface area contributed by atoms with E-state index in [2.05, 4.69) is 10.3 Å². The zero-order valence-electron chi connectivity index (χ0n) is 11.4. The first-order valence-corrected chi connectivity index (χ1v) is 6.11. The standard InChI is InChI=1S/C13H20FN3O2/c1-13(2,3)19-12(18)17-8-9(7-15)10-5-4-6-16-11(10)14/h4-6,9H,7-8,15H2,1-3H3,(H,17,18). The van der Waals surface area contributed by atoms with E-state index in [0.717, 1.165) is 0 Å². The number of hydrogen-bond donors (Lipinski definition) is 2. The molecule has 0 aromatic carbocycles. The lowest BCUT2D eigenvalue weighted by molar-refractivity contribution is 0.0524. The van der Waals surface area contributed by atoms with Crippen LogP contribution in [0.5, 0.6) is 0 Å². The van der Waals surface area contributed by atoms with E-state index in [0.29, 0.717) is 5.56 Å². The number of halogens is 1. The fourth-order valence-corrected chi connectivity index (χ4v) is 1.54. The molecule has 0 aliphatic rings. The number of carbonyl (C=O) groups excluding carboxylic acids is 1. The SMILES string of the molecule is CC(C)(C)OC(=O)NCC(CN)c1cccnc1F. The third kappa shape index (κ3) is 5.21. The minimum Gasteiger partial charge on any atom is -0.444 e. The van der Waals surface area contributed by atoms with Gasteiger partial charge >= 0.3 is 6.09 Å². The Kier molecular flexibility index (Phi) is 5.23. The second-order valence-corrected chi connectivity index (χ2v) is 5.20. The van der Waals surface area contributed by atoms with Crippen LogP contribution in [0.15, 0.2) is 18.3 Å². The molecule has 6 heteroatoms. The lowest BCUT2D eigenvalue weighted by Gasteiger charge is -2.21. The third-order valence-corrected chi connectivity index (χ3v) is 2.40. The van der Waals surface area contributed by atoms with Gasteiger partial charge in [-0.1, -0.05) is 6.07 Å². The summed E-state index contributed by atoms with van der Waals surface area (Å²) < 4.78 is 18.6. The van der Waals surface area contributed by atoms with Gasteiger partial charge in [-0.25, -0.2) is 9.78 Å². The van der Waals surface area contributed by atoms with Gasteiger partial charge in [0.15, 0.2) is 0 Å². The monoisotopic (exact) mass is 269 g/mol. The summed E-state index contributed by atoms with van der Waals surface area (Å²) in [5.74, 6) is -0.898. The van der Waals surface area contributed by atoms with Crippen molar-refractivity contribution in [3.63, 3.8) is 0 Å². The fourth-order valence-electron chi connectivity index (χ4n) is 1.54. The number of amides is 1. The van der Waals surface area contributed by atoms with Crippen molar-refractivity contribution in [2.24, 2.45) is 5.73 Å². The summed E-state index contributed by atoms with van der Waals surface area (Å²) in [6, 6.07) is 3.24. The number of nitrogens with two attached hydrogens (primary N) is 1. The van der Waals surface area contributed by atoms with Crippen molar-refractivity contribution in [1.82, 2.24) is 10.3 Å². The molecule has 0 spiro atoms. The average Bonchev–Trinajstić information content (AvgIpc) is 2.29. The van der Waals surface area contributed by atoms with Crippen LogP contribution in [0.1, 0.15) is 32.3 Å². The highest BCUT2D eigenvalue weighted by Crippen LogP contribution is 2.16. The Morgan fingerprint density at radius 3 is 2.79 bits per heavy atom. The zero-order chi connectivity index (χ0) is 14.5. The molecule has 106 valence electrons. The summed E-state index contributed by atoms with van der Waals surface area (Å²) in [6.45, 7) is 5.72. The van der Waals surface area contributed by atoms with Crippen molar-refractivity contribution in [1.29, 1.82) is 0 Å². The smallest absolute Gasteiger partial charge is 0.407 e. The first-order chi connectivity index (χ1) is 8.83. The molecule has 1 atom stereocenters. The molecule has 1 aromatic heterocycles. The Morgan fingerprint density at radius 1 is 1.58 bits per heavy atom. The van der Waals surface area contributed by atoms with E-state index < -0.39 is 17.6 Å². The van der Waals surface area contributed by atoms with Crippen molar-refractivity contribution < 1.29 is 13.9 Å². The highest BCUT2D eigenvalue weighted by Gasteiger charge is 2.19. The molecule has 0 aliphatic heterocycles. The van der Waals surface area contributed by atoms with Crippen LogP contribution >= 0.6 is 0 Å². The first-order valence-electron chi connectivity index (χ1n) is 6.11. The number of ether oxygens (including phenoxy) is 1. The summed E-state index contributed by atoms with van der Waals surface area (Å²) in [5, 5.41) is 2.58. The number of nitrogens with zero attached hydrogens (tertiary/aromatic N) is 1. The molecule has 0 radical (unpaired) electrons. The van der Waals surface area contributed by atoms with Gasteiger partial charge in [0.1, 0.15) is 5.60 Å². The van der Waals surface area contributed by atoms with Crippen LogP contribution in [-0.4, -0.2) is 29.8 Å². The van der Waals surface area contributed by atoms with Crippen molar-refractivity contribution >= 4 is 6.09 Å². The van der Waals surface area contributed by atoms with Gasteiger partial charge in [0.05, 0.1) is 0 Å². The summed E-state index contributed by atoms with van der Waals surface area (Å²) in [7, 11) is 0. The minimum atomic E-state index is -0.568. The number of alkyl carbamates (subject to hydrolysis) is 1. The van der Waals surface area contributed by atoms with Gasteiger partial charge < -0.3 is 15.8 Å². The molecule has 0 saturated carbocycles. The number of rotatable bonds is 4. The summed E-state index contributed by atoms with van der Waals surface area (Å²) in [4.78, 5) is 15.1. The molecule has 1 rings (SSSR count). The lowest BCUT2D eigenvalue weighted by Crippen LogP contribution is -2.36. The summed E-state index contributed by atoms with van der Waals surface area (Å²) in [6.07, 6.45) is 0.823. The molecule has 0 bridgehead atoms. The Bertz CT molecular complexity index is 432. The minimum absolute atomic E-state index is 0.202. The number of pyridine rings is 1. The van der Waals surface area contributed by atoms with E-state index in [1.54, 1.807) is 32.9 Å². The zero-order valence-corrected chi connectivity index (χ0v) is 11.4. The number of aromatic nitrogens is 1. The highest BCUT2D eigenvalue weighted by atomic mass is 19.1. The molecule has 1 unspecified atom stereocenters. The molecular weight excluding hydrogens is 249 g/mol. The molecule has 5 nitrogen and oxygen atoms in total. The molecule has 0 aliphatic carbocycles. The molecular formula is C13H20FN3O2. The van der Waals surface area contributed by atoms with Gasteiger partial charge in [-0.05, 0) is 26.8 Å². The largest absolute Gasteiger partial charge is 0.444 e. The van der Waals surface area contributed by atoms with Gasteiger partial charge in [0.2, 0.25) is 5.95 Å². The Balaban J connectivity index is 2.59. The predicted molar refractivity (Wildman–Crippen MR) is 70.2 cm³/mol. The molecule has 19 heavy (non-hydrogen) atoms. The Morgan fingerprint density at radius 2 is 2.26 bits per heavy atom. The summed E-state index contributed by atoms with van der Waals surface area (Å²) >= 11 is 0. The van der Waals surface area contributed by atoms with Gasteiger partial charge in [-0.3, -0.25) is 0 Å². The van der Waals surface area contributed by atoms with Crippen LogP contribution in [0.3, 0.4) is 0 Å². The maximum absolute atomic E-state index is 13.5. The molecule has 0 saturated heterocycles. The topological polar surface area (TPSA) is 77.2 Å². The van der Waals surface area contributed by atoms with E-state index >= 15 is 0 Å². The molecule has 1 aromatic rings. The van der Waals surface area contributed by atoms with E-state index in [1.807, 2.05) is 0 Å². The van der Waals surface area contributed by atoms with Crippen LogP contribution < -0.4 is 11.1 Å². The van der Waals surface area contributed by atoms with Gasteiger partial charge in [-0.15, -0.1) is 0 Å². The normalized spacial score (nSPS) is 12.9. The first kappa shape index (κ1) is 15.4. The van der Waals surface area contributed by atoms with E-state index in [4.69, 9.17) is 10.5 Å². The van der Waals surface area contributed by atoms with E-state index in [9.17, 15) is 9.18 Å². The van der Waals surface area contributed by atoms with Gasteiger partial charge in [0, 0.05) is 30.8 Å². The van der Waals surface area contributed by atoms with Crippen molar-refractivity contribution in [3.05, 3.63) is 29.8 Å². The van der Waals surface area contributed by atoms with Crippen LogP contribution in [-0.2, 0) is 4.74 Å². The number of carbonyl (C=O) groups is 1. The van der Waals surface area contributed by atoms with E-state index in [1.165, 1.54) is 6.20 Å². The second kappa shape index (κ2) is 6.47.